The standard InChI is InChI=1S/C12H11FN2O3/c1-4-5-14(3)12(16)10-7-9(15(17)18)6-8(2)11(10)13/h1,6-7H,5H2,2-3H3. The molecule has 0 bridgehead atoms. The zero-order valence-corrected chi connectivity index (χ0v) is 9.94. The van der Waals surface area contributed by atoms with Gasteiger partial charge in [-0.1, -0.05) is 5.92 Å². The Hall–Kier alpha value is -2.42. The number of benzene rings is 1. The number of hydrogen-bond donors (Lipinski definition) is 0. The second-order valence-electron chi connectivity index (χ2n) is 3.75. The summed E-state index contributed by atoms with van der Waals surface area (Å²) in [6.45, 7) is 1.36. The molecule has 0 heterocycles. The molecule has 18 heavy (non-hydrogen) atoms. The van der Waals surface area contributed by atoms with Gasteiger partial charge in [0.15, 0.2) is 0 Å². The summed E-state index contributed by atoms with van der Waals surface area (Å²) in [6, 6.07) is 1.99. The van der Waals surface area contributed by atoms with E-state index in [2.05, 4.69) is 5.92 Å². The van der Waals surface area contributed by atoms with Gasteiger partial charge in [-0.05, 0) is 12.5 Å². The third-order valence-corrected chi connectivity index (χ3v) is 2.36. The molecule has 0 radical (unpaired) electrons. The van der Waals surface area contributed by atoms with Crippen molar-refractivity contribution in [2.75, 3.05) is 13.6 Å². The van der Waals surface area contributed by atoms with Gasteiger partial charge in [-0.3, -0.25) is 14.9 Å². The topological polar surface area (TPSA) is 63.5 Å². The zero-order chi connectivity index (χ0) is 13.9. The fraction of sp³-hybridized carbons (Fsp3) is 0.250. The van der Waals surface area contributed by atoms with Crippen LogP contribution in [0.5, 0.6) is 0 Å². The van der Waals surface area contributed by atoms with Crippen molar-refractivity contribution in [2.24, 2.45) is 0 Å². The molecule has 0 saturated carbocycles. The average Bonchev–Trinajstić information content (AvgIpc) is 2.31. The second-order valence-corrected chi connectivity index (χ2v) is 3.75. The first kappa shape index (κ1) is 13.6. The largest absolute Gasteiger partial charge is 0.330 e. The molecule has 0 spiro atoms. The van der Waals surface area contributed by atoms with Crippen LogP contribution in [0.25, 0.3) is 0 Å². The predicted molar refractivity (Wildman–Crippen MR) is 63.6 cm³/mol. The number of nitro benzene ring substituents is 1. The number of carbonyl (C=O) groups excluding carboxylic acids is 1. The molecule has 0 aliphatic carbocycles. The molecule has 0 aliphatic rings. The zero-order valence-electron chi connectivity index (χ0n) is 9.94. The summed E-state index contributed by atoms with van der Waals surface area (Å²) < 4.78 is 13.8. The van der Waals surface area contributed by atoms with Gasteiger partial charge in [-0.25, -0.2) is 4.39 Å². The molecular weight excluding hydrogens is 239 g/mol. The van der Waals surface area contributed by atoms with E-state index >= 15 is 0 Å². The number of nitro groups is 1. The Balaban J connectivity index is 3.28. The Labute approximate surface area is 103 Å². The molecule has 94 valence electrons. The van der Waals surface area contributed by atoms with Gasteiger partial charge in [0.2, 0.25) is 0 Å². The van der Waals surface area contributed by atoms with Crippen LogP contribution in [-0.4, -0.2) is 29.3 Å². The van der Waals surface area contributed by atoms with E-state index in [1.54, 1.807) is 0 Å². The minimum absolute atomic E-state index is 0.0000128. The lowest BCUT2D eigenvalue weighted by Gasteiger charge is -2.14. The number of non-ortho nitro benzene ring substituents is 1. The van der Waals surface area contributed by atoms with Crippen molar-refractivity contribution in [1.82, 2.24) is 4.90 Å². The van der Waals surface area contributed by atoms with Crippen LogP contribution >= 0.6 is 0 Å². The van der Waals surface area contributed by atoms with Crippen molar-refractivity contribution in [2.45, 2.75) is 6.92 Å². The van der Waals surface area contributed by atoms with Gasteiger partial charge in [0.25, 0.3) is 11.6 Å². The Morgan fingerprint density at radius 1 is 1.61 bits per heavy atom. The van der Waals surface area contributed by atoms with Crippen molar-refractivity contribution in [3.05, 3.63) is 39.2 Å². The maximum Gasteiger partial charge on any atom is 0.270 e. The summed E-state index contributed by atoms with van der Waals surface area (Å²) in [5.41, 5.74) is -0.632. The molecule has 0 fully saturated rings. The lowest BCUT2D eigenvalue weighted by molar-refractivity contribution is -0.385. The molecule has 0 unspecified atom stereocenters. The van der Waals surface area contributed by atoms with Crippen molar-refractivity contribution in [1.29, 1.82) is 0 Å². The van der Waals surface area contributed by atoms with Crippen LogP contribution in [0.4, 0.5) is 10.1 Å². The Morgan fingerprint density at radius 2 is 2.22 bits per heavy atom. The predicted octanol–water partition coefficient (Wildman–Crippen LogP) is 1.75. The van der Waals surface area contributed by atoms with Crippen LogP contribution in [0, 0.1) is 35.2 Å². The van der Waals surface area contributed by atoms with Crippen LogP contribution in [0.1, 0.15) is 15.9 Å². The van der Waals surface area contributed by atoms with Gasteiger partial charge < -0.3 is 4.90 Å². The lowest BCUT2D eigenvalue weighted by atomic mass is 10.1. The maximum atomic E-state index is 13.8. The fourth-order valence-electron chi connectivity index (χ4n) is 1.43. The first-order chi connectivity index (χ1) is 8.38. The summed E-state index contributed by atoms with van der Waals surface area (Å²) in [7, 11) is 1.40. The Kier molecular flexibility index (Phi) is 4.00. The van der Waals surface area contributed by atoms with Gasteiger partial charge >= 0.3 is 0 Å². The monoisotopic (exact) mass is 250 g/mol. The average molecular weight is 250 g/mol. The number of amides is 1. The van der Waals surface area contributed by atoms with Crippen molar-refractivity contribution in [3.8, 4) is 12.3 Å². The highest BCUT2D eigenvalue weighted by Gasteiger charge is 2.21. The number of carbonyl (C=O) groups is 1. The molecule has 0 aromatic heterocycles. The quantitative estimate of drug-likeness (QED) is 0.466. The molecule has 6 heteroatoms. The van der Waals surface area contributed by atoms with Crippen LogP contribution in [0.2, 0.25) is 0 Å². The molecule has 1 aromatic rings. The van der Waals surface area contributed by atoms with Crippen molar-refractivity contribution >= 4 is 11.6 Å². The first-order valence-corrected chi connectivity index (χ1v) is 5.02. The molecule has 1 amide bonds. The van der Waals surface area contributed by atoms with E-state index in [-0.39, 0.29) is 23.4 Å². The van der Waals surface area contributed by atoms with E-state index in [0.29, 0.717) is 0 Å². The molecule has 1 aromatic carbocycles. The van der Waals surface area contributed by atoms with E-state index in [9.17, 15) is 19.3 Å². The highest BCUT2D eigenvalue weighted by atomic mass is 19.1. The minimum Gasteiger partial charge on any atom is -0.330 e. The van der Waals surface area contributed by atoms with E-state index < -0.39 is 16.6 Å². The summed E-state index contributed by atoms with van der Waals surface area (Å²) in [5.74, 6) is 0.786. The SMILES string of the molecule is C#CCN(C)C(=O)c1cc([N+](=O)[O-])cc(C)c1F. The number of terminal acetylenes is 1. The fourth-order valence-corrected chi connectivity index (χ4v) is 1.43. The number of aryl methyl sites for hydroxylation is 1. The van der Waals surface area contributed by atoms with Gasteiger partial charge in [0, 0.05) is 19.2 Å². The van der Waals surface area contributed by atoms with E-state index in [0.717, 1.165) is 17.0 Å². The third kappa shape index (κ3) is 2.63. The second kappa shape index (κ2) is 5.27. The van der Waals surface area contributed by atoms with E-state index in [4.69, 9.17) is 6.42 Å². The van der Waals surface area contributed by atoms with Crippen LogP contribution in [0.15, 0.2) is 12.1 Å². The Morgan fingerprint density at radius 3 is 2.72 bits per heavy atom. The Bertz CT molecular complexity index is 549. The molecule has 1 rings (SSSR count). The van der Waals surface area contributed by atoms with Crippen molar-refractivity contribution in [3.63, 3.8) is 0 Å². The number of nitrogens with zero attached hydrogens (tertiary/aromatic N) is 2. The number of hydrogen-bond acceptors (Lipinski definition) is 3. The maximum absolute atomic E-state index is 13.8. The summed E-state index contributed by atoms with van der Waals surface area (Å²) in [6.07, 6.45) is 5.05. The minimum atomic E-state index is -0.769. The molecule has 0 atom stereocenters. The summed E-state index contributed by atoms with van der Waals surface area (Å²) in [4.78, 5) is 22.9. The molecule has 5 nitrogen and oxygen atoms in total. The highest BCUT2D eigenvalue weighted by molar-refractivity contribution is 5.95. The molecule has 0 aliphatic heterocycles. The van der Waals surface area contributed by atoms with Gasteiger partial charge in [0.1, 0.15) is 5.82 Å². The molecular formula is C12H11FN2O3. The van der Waals surface area contributed by atoms with Gasteiger partial charge in [-0.15, -0.1) is 6.42 Å². The number of rotatable bonds is 3. The smallest absolute Gasteiger partial charge is 0.270 e. The summed E-state index contributed by atoms with van der Waals surface area (Å²) in [5, 5.41) is 10.7. The van der Waals surface area contributed by atoms with Crippen LogP contribution in [-0.2, 0) is 0 Å². The third-order valence-electron chi connectivity index (χ3n) is 2.36. The van der Waals surface area contributed by atoms with Crippen LogP contribution in [0.3, 0.4) is 0 Å². The molecule has 0 N–H and O–H groups in total. The van der Waals surface area contributed by atoms with E-state index in [1.165, 1.54) is 14.0 Å². The van der Waals surface area contributed by atoms with E-state index in [1.807, 2.05) is 0 Å². The van der Waals surface area contributed by atoms with Gasteiger partial charge in [-0.2, -0.15) is 0 Å². The lowest BCUT2D eigenvalue weighted by Crippen LogP contribution is -2.28. The number of halogens is 1. The van der Waals surface area contributed by atoms with Crippen molar-refractivity contribution < 1.29 is 14.1 Å². The van der Waals surface area contributed by atoms with Gasteiger partial charge in [0.05, 0.1) is 17.0 Å². The highest BCUT2D eigenvalue weighted by Crippen LogP contribution is 2.21. The van der Waals surface area contributed by atoms with Crippen LogP contribution < -0.4 is 0 Å². The first-order valence-electron chi connectivity index (χ1n) is 5.02. The normalized spacial score (nSPS) is 9.67. The molecule has 0 saturated heterocycles. The summed E-state index contributed by atoms with van der Waals surface area (Å²) >= 11 is 0.